The molecule has 7 nitrogen and oxygen atoms in total. The Morgan fingerprint density at radius 3 is 1.88 bits per heavy atom. The van der Waals surface area contributed by atoms with Crippen LogP contribution in [0.25, 0.3) is 0 Å². The van der Waals surface area contributed by atoms with Crippen molar-refractivity contribution in [2.24, 2.45) is 0 Å². The molecular formula is C6H22O7Si4. The number of carboxylic acids is 1. The lowest BCUT2D eigenvalue weighted by Gasteiger charge is -2.25. The molecule has 104 valence electrons. The Bertz CT molecular complexity index is 207. The van der Waals surface area contributed by atoms with Crippen LogP contribution in [-0.2, 0) is 23.1 Å². The van der Waals surface area contributed by atoms with E-state index in [1.165, 1.54) is 0 Å². The summed E-state index contributed by atoms with van der Waals surface area (Å²) >= 11 is 0. The molecule has 17 heavy (non-hydrogen) atoms. The summed E-state index contributed by atoms with van der Waals surface area (Å²) in [6.45, 7) is 5.51. The third-order valence-corrected chi connectivity index (χ3v) is 2.32. The SMILES string of the molecule is C[Si](C)(C)O.O=C(O)C(CO[SiH3])(O[SiH3])OO[SiH3]. The summed E-state index contributed by atoms with van der Waals surface area (Å²) in [5.41, 5.74) is 0. The third-order valence-electron chi connectivity index (χ3n) is 1.21. The lowest BCUT2D eigenvalue weighted by molar-refractivity contribution is -0.350. The van der Waals surface area contributed by atoms with E-state index in [1.54, 1.807) is 0 Å². The molecule has 0 saturated carbocycles. The Kier molecular flexibility index (Phi) is 10.4. The van der Waals surface area contributed by atoms with Gasteiger partial charge in [-0.15, -0.1) is 0 Å². The van der Waals surface area contributed by atoms with Crippen LogP contribution in [0.4, 0.5) is 0 Å². The highest BCUT2D eigenvalue weighted by molar-refractivity contribution is 6.68. The lowest BCUT2D eigenvalue weighted by atomic mass is 10.3. The fraction of sp³-hybridized carbons (Fsp3) is 0.833. The Labute approximate surface area is 111 Å². The Hall–Kier alpha value is 0.138. The maximum absolute atomic E-state index is 10.7. The topological polar surface area (TPSA) is 94.5 Å². The van der Waals surface area contributed by atoms with Gasteiger partial charge in [0.1, 0.15) is 17.1 Å². The van der Waals surface area contributed by atoms with Gasteiger partial charge in [0.05, 0.1) is 0 Å². The highest BCUT2D eigenvalue weighted by Crippen LogP contribution is 2.12. The fourth-order valence-corrected chi connectivity index (χ4v) is 1.64. The second-order valence-electron chi connectivity index (χ2n) is 4.12. The normalized spacial score (nSPS) is 15.1. The van der Waals surface area contributed by atoms with Gasteiger partial charge in [-0.1, -0.05) is 0 Å². The molecule has 0 bridgehead atoms. The first-order valence-electron chi connectivity index (χ1n) is 4.84. The molecule has 1 unspecified atom stereocenters. The molecule has 0 fully saturated rings. The van der Waals surface area contributed by atoms with Crippen LogP contribution in [0.5, 0.6) is 0 Å². The standard InChI is InChI=1S/C3H12O6Si3.C3H10OSi/c4-2(5)3(8-11,1-6-10)7-9-12;1-5(2,3)4/h1H2,10-12H3,(H,4,5);4H,1-3H3. The van der Waals surface area contributed by atoms with Crippen molar-refractivity contribution < 1.29 is 33.0 Å². The van der Waals surface area contributed by atoms with E-state index in [9.17, 15) is 4.79 Å². The van der Waals surface area contributed by atoms with Crippen LogP contribution in [0.1, 0.15) is 0 Å². The van der Waals surface area contributed by atoms with Crippen molar-refractivity contribution in [1.82, 2.24) is 0 Å². The van der Waals surface area contributed by atoms with Gasteiger partial charge in [-0.3, -0.25) is 4.58 Å². The predicted molar refractivity (Wildman–Crippen MR) is 75.0 cm³/mol. The molecule has 0 aliphatic carbocycles. The van der Waals surface area contributed by atoms with Crippen molar-refractivity contribution in [3.05, 3.63) is 0 Å². The summed E-state index contributed by atoms with van der Waals surface area (Å²) in [6, 6.07) is 0. The lowest BCUT2D eigenvalue weighted by Crippen LogP contribution is -2.48. The summed E-state index contributed by atoms with van der Waals surface area (Å²) in [4.78, 5) is 23.9. The second kappa shape index (κ2) is 9.12. The van der Waals surface area contributed by atoms with Crippen molar-refractivity contribution >= 4 is 45.7 Å². The molecular weight excluding hydrogens is 296 g/mol. The Morgan fingerprint density at radius 2 is 1.71 bits per heavy atom. The van der Waals surface area contributed by atoms with Gasteiger partial charge in [-0.2, -0.15) is 4.89 Å². The van der Waals surface area contributed by atoms with Crippen LogP contribution >= 0.6 is 0 Å². The van der Waals surface area contributed by atoms with Gasteiger partial charge in [0.25, 0.3) is 0 Å². The minimum atomic E-state index is -1.75. The number of carbonyl (C=O) groups is 1. The van der Waals surface area contributed by atoms with Crippen LogP contribution < -0.4 is 0 Å². The Morgan fingerprint density at radius 1 is 1.29 bits per heavy atom. The fourth-order valence-electron chi connectivity index (χ4n) is 0.626. The van der Waals surface area contributed by atoms with Crippen LogP contribution in [0, 0.1) is 0 Å². The van der Waals surface area contributed by atoms with Gasteiger partial charge in [0, 0.05) is 0 Å². The van der Waals surface area contributed by atoms with E-state index < -0.39 is 20.1 Å². The van der Waals surface area contributed by atoms with Gasteiger partial charge >= 0.3 is 11.8 Å². The molecule has 0 aromatic carbocycles. The van der Waals surface area contributed by atoms with Crippen LogP contribution in [0.2, 0.25) is 19.6 Å². The van der Waals surface area contributed by atoms with Crippen LogP contribution in [-0.4, -0.2) is 68.0 Å². The van der Waals surface area contributed by atoms with Crippen LogP contribution in [0.15, 0.2) is 0 Å². The average Bonchev–Trinajstić information content (AvgIpc) is 2.14. The minimum absolute atomic E-state index is 0.139. The van der Waals surface area contributed by atoms with Gasteiger partial charge in [0.2, 0.25) is 0 Å². The molecule has 1 atom stereocenters. The van der Waals surface area contributed by atoms with Gasteiger partial charge in [-0.25, -0.2) is 4.79 Å². The van der Waals surface area contributed by atoms with E-state index in [-0.39, 0.29) is 27.6 Å². The van der Waals surface area contributed by atoms with E-state index in [2.05, 4.69) is 9.46 Å². The van der Waals surface area contributed by atoms with E-state index >= 15 is 0 Å². The molecule has 0 radical (unpaired) electrons. The monoisotopic (exact) mass is 318 g/mol. The first-order chi connectivity index (χ1) is 7.63. The Balaban J connectivity index is 0. The quantitative estimate of drug-likeness (QED) is 0.226. The number of carboxylic acid groups (broad SMARTS) is 1. The first kappa shape index (κ1) is 19.5. The molecule has 0 aliphatic heterocycles. The molecule has 0 aromatic rings. The zero-order valence-corrected chi connectivity index (χ0v) is 18.1. The number of aliphatic carboxylic acids is 1. The smallest absolute Gasteiger partial charge is 0.368 e. The molecule has 0 rings (SSSR count). The molecule has 0 aromatic heterocycles. The van der Waals surface area contributed by atoms with E-state index in [4.69, 9.17) is 18.8 Å². The summed E-state index contributed by atoms with van der Waals surface area (Å²) in [5, 5.41) is 8.73. The largest absolute Gasteiger partial charge is 0.477 e. The van der Waals surface area contributed by atoms with E-state index in [0.29, 0.717) is 10.5 Å². The van der Waals surface area contributed by atoms with Crippen molar-refractivity contribution in [3.8, 4) is 0 Å². The molecule has 0 spiro atoms. The number of hydrogen-bond acceptors (Lipinski definition) is 6. The highest BCUT2D eigenvalue weighted by Gasteiger charge is 2.41. The maximum Gasteiger partial charge on any atom is 0.368 e. The molecule has 0 heterocycles. The van der Waals surface area contributed by atoms with E-state index in [1.807, 2.05) is 19.6 Å². The predicted octanol–water partition coefficient (Wildman–Crippen LogP) is -3.60. The molecule has 11 heteroatoms. The average molecular weight is 319 g/mol. The van der Waals surface area contributed by atoms with Gasteiger partial charge in [-0.05, 0) is 19.6 Å². The molecule has 0 aliphatic rings. The van der Waals surface area contributed by atoms with Crippen molar-refractivity contribution in [3.63, 3.8) is 0 Å². The maximum atomic E-state index is 10.7. The zero-order valence-electron chi connectivity index (χ0n) is 11.1. The van der Waals surface area contributed by atoms with Crippen LogP contribution in [0.3, 0.4) is 0 Å². The summed E-state index contributed by atoms with van der Waals surface area (Å²) in [6.07, 6.45) is 0. The molecule has 0 amide bonds. The summed E-state index contributed by atoms with van der Waals surface area (Å²) in [5.74, 6) is -2.99. The third kappa shape index (κ3) is 11.0. The summed E-state index contributed by atoms with van der Waals surface area (Å²) < 4.78 is 14.0. The second-order valence-corrected chi connectivity index (χ2v) is 9.78. The van der Waals surface area contributed by atoms with Gasteiger partial charge < -0.3 is 18.8 Å². The molecule has 2 N–H and O–H groups in total. The number of rotatable bonds is 6. The van der Waals surface area contributed by atoms with Crippen molar-refractivity contribution in [2.45, 2.75) is 25.4 Å². The van der Waals surface area contributed by atoms with Crippen molar-refractivity contribution in [2.75, 3.05) is 6.61 Å². The summed E-state index contributed by atoms with van der Waals surface area (Å²) in [7, 11) is -0.665. The first-order valence-corrected chi connectivity index (χ1v) is 10.7. The van der Waals surface area contributed by atoms with E-state index in [0.717, 1.165) is 0 Å². The van der Waals surface area contributed by atoms with Crippen molar-refractivity contribution in [1.29, 1.82) is 0 Å². The highest BCUT2D eigenvalue weighted by atomic mass is 28.4. The zero-order chi connectivity index (χ0) is 14.1. The van der Waals surface area contributed by atoms with Gasteiger partial charge in [0.15, 0.2) is 29.3 Å². The minimum Gasteiger partial charge on any atom is -0.477 e. The molecule has 0 saturated heterocycles. The number of hydrogen-bond donors (Lipinski definition) is 2.